The average molecular weight is 152 g/mol. The topological polar surface area (TPSA) is 41.5 Å². The second kappa shape index (κ2) is 5.41. The van der Waals surface area contributed by atoms with Crippen LogP contribution in [0.25, 0.3) is 0 Å². The van der Waals surface area contributed by atoms with Gasteiger partial charge in [-0.25, -0.2) is 0 Å². The van der Waals surface area contributed by atoms with E-state index in [2.05, 4.69) is 16.9 Å². The molecule has 0 radical (unpaired) electrons. The lowest BCUT2D eigenvalue weighted by molar-refractivity contribution is -0.116. The lowest BCUT2D eigenvalue weighted by Crippen LogP contribution is -2.18. The first-order valence-corrected chi connectivity index (χ1v) is 3.28. The van der Waals surface area contributed by atoms with Gasteiger partial charge in [0, 0.05) is 19.5 Å². The number of hydrogen-bond donors (Lipinski definition) is 1. The molecule has 3 heteroatoms. The Morgan fingerprint density at radius 2 is 2.27 bits per heavy atom. The van der Waals surface area contributed by atoms with E-state index in [1.54, 1.807) is 20.2 Å². The largest absolute Gasteiger partial charge is 0.355 e. The molecular formula is C8H12N2O. The second-order valence-electron chi connectivity index (χ2n) is 1.77. The van der Waals surface area contributed by atoms with E-state index in [1.165, 1.54) is 12.3 Å². The number of nitrogens with zero attached hydrogens (tertiary/aromatic N) is 1. The molecule has 3 nitrogen and oxygen atoms in total. The third kappa shape index (κ3) is 3.35. The lowest BCUT2D eigenvalue weighted by Gasteiger charge is -1.96. The maximum absolute atomic E-state index is 10.9. The van der Waals surface area contributed by atoms with Crippen LogP contribution in [0.15, 0.2) is 29.4 Å². The van der Waals surface area contributed by atoms with Crippen LogP contribution in [0.4, 0.5) is 0 Å². The van der Waals surface area contributed by atoms with Gasteiger partial charge >= 0.3 is 0 Å². The van der Waals surface area contributed by atoms with Crippen molar-refractivity contribution in [3.05, 3.63) is 24.4 Å². The van der Waals surface area contributed by atoms with Crippen LogP contribution < -0.4 is 5.32 Å². The molecule has 60 valence electrons. The van der Waals surface area contributed by atoms with Crippen LogP contribution in [0.1, 0.15) is 6.92 Å². The van der Waals surface area contributed by atoms with E-state index in [0.29, 0.717) is 5.57 Å². The number of carbonyl (C=O) groups is 1. The minimum absolute atomic E-state index is 0.175. The van der Waals surface area contributed by atoms with Crippen molar-refractivity contribution in [3.8, 4) is 0 Å². The van der Waals surface area contributed by atoms with Crippen molar-refractivity contribution < 1.29 is 4.79 Å². The molecule has 0 heterocycles. The smallest absolute Gasteiger partial charge is 0.252 e. The summed E-state index contributed by atoms with van der Waals surface area (Å²) in [5.41, 5.74) is 0.464. The Labute approximate surface area is 66.5 Å². The van der Waals surface area contributed by atoms with Crippen LogP contribution in [0.5, 0.6) is 0 Å². The molecule has 11 heavy (non-hydrogen) atoms. The summed E-state index contributed by atoms with van der Waals surface area (Å²) in [4.78, 5) is 14.7. The van der Waals surface area contributed by atoms with Gasteiger partial charge in [0.1, 0.15) is 0 Å². The highest BCUT2D eigenvalue weighted by Crippen LogP contribution is 1.94. The maximum Gasteiger partial charge on any atom is 0.252 e. The molecule has 0 aliphatic heterocycles. The highest BCUT2D eigenvalue weighted by atomic mass is 16.1. The quantitative estimate of drug-likeness (QED) is 0.364. The fraction of sp³-hybridized carbons (Fsp3) is 0.250. The zero-order chi connectivity index (χ0) is 8.69. The normalized spacial score (nSPS) is 11.6. The van der Waals surface area contributed by atoms with Crippen LogP contribution in [0.3, 0.4) is 0 Å². The third-order valence-corrected chi connectivity index (χ3v) is 1.07. The molecule has 0 rings (SSSR count). The van der Waals surface area contributed by atoms with E-state index in [-0.39, 0.29) is 5.91 Å². The molecule has 1 amide bonds. The highest BCUT2D eigenvalue weighted by molar-refractivity contribution is 5.95. The Morgan fingerprint density at radius 1 is 1.64 bits per heavy atom. The molecule has 0 fully saturated rings. The molecule has 0 bridgehead atoms. The molecular weight excluding hydrogens is 140 g/mol. The van der Waals surface area contributed by atoms with Gasteiger partial charge in [-0.3, -0.25) is 9.79 Å². The van der Waals surface area contributed by atoms with Crippen molar-refractivity contribution in [2.75, 3.05) is 7.05 Å². The first kappa shape index (κ1) is 9.62. The van der Waals surface area contributed by atoms with Gasteiger partial charge in [0.15, 0.2) is 0 Å². The molecule has 1 N–H and O–H groups in total. The molecule has 0 aliphatic carbocycles. The Hall–Kier alpha value is -1.38. The van der Waals surface area contributed by atoms with Gasteiger partial charge < -0.3 is 5.32 Å². The van der Waals surface area contributed by atoms with Crippen LogP contribution in [-0.2, 0) is 4.79 Å². The van der Waals surface area contributed by atoms with Crippen molar-refractivity contribution in [3.63, 3.8) is 0 Å². The van der Waals surface area contributed by atoms with Gasteiger partial charge in [-0.15, -0.1) is 0 Å². The number of aliphatic imine (C=N–C) groups is 1. The van der Waals surface area contributed by atoms with Crippen LogP contribution in [0, 0.1) is 0 Å². The van der Waals surface area contributed by atoms with Crippen LogP contribution >= 0.6 is 0 Å². The molecule has 0 aromatic carbocycles. The summed E-state index contributed by atoms with van der Waals surface area (Å²) in [6.45, 7) is 5.26. The Balaban J connectivity index is 4.38. The summed E-state index contributed by atoms with van der Waals surface area (Å²) < 4.78 is 0. The van der Waals surface area contributed by atoms with Gasteiger partial charge in [-0.1, -0.05) is 12.7 Å². The van der Waals surface area contributed by atoms with Gasteiger partial charge in [0.05, 0.1) is 5.57 Å². The maximum atomic E-state index is 10.9. The van der Waals surface area contributed by atoms with Crippen LogP contribution in [0.2, 0.25) is 0 Å². The summed E-state index contributed by atoms with van der Waals surface area (Å²) in [5, 5.41) is 2.47. The third-order valence-electron chi connectivity index (χ3n) is 1.07. The number of rotatable bonds is 3. The van der Waals surface area contributed by atoms with Crippen LogP contribution in [-0.4, -0.2) is 19.2 Å². The van der Waals surface area contributed by atoms with Gasteiger partial charge in [-0.2, -0.15) is 0 Å². The van der Waals surface area contributed by atoms with Crippen molar-refractivity contribution in [2.45, 2.75) is 6.92 Å². The summed E-state index contributed by atoms with van der Waals surface area (Å²) in [5.74, 6) is -0.175. The summed E-state index contributed by atoms with van der Waals surface area (Å²) >= 11 is 0. The summed E-state index contributed by atoms with van der Waals surface area (Å²) in [6.07, 6.45) is 4.53. The van der Waals surface area contributed by atoms with Gasteiger partial charge in [0.2, 0.25) is 0 Å². The summed E-state index contributed by atoms with van der Waals surface area (Å²) in [6, 6.07) is 0. The zero-order valence-corrected chi connectivity index (χ0v) is 6.79. The van der Waals surface area contributed by atoms with Crippen molar-refractivity contribution in [2.24, 2.45) is 4.99 Å². The van der Waals surface area contributed by atoms with E-state index in [9.17, 15) is 4.79 Å². The molecule has 0 aromatic heterocycles. The van der Waals surface area contributed by atoms with Crippen molar-refractivity contribution >= 4 is 12.1 Å². The molecule has 0 aromatic rings. The molecule has 0 saturated carbocycles. The van der Waals surface area contributed by atoms with Crippen molar-refractivity contribution in [1.82, 2.24) is 5.32 Å². The SMILES string of the molecule is C=C/C(=C\N=C/C)C(=O)NC. The Kier molecular flexibility index (Phi) is 4.73. The average Bonchev–Trinajstić information content (AvgIpc) is 2.05. The monoisotopic (exact) mass is 152 g/mol. The van der Waals surface area contributed by atoms with E-state index in [0.717, 1.165) is 0 Å². The lowest BCUT2D eigenvalue weighted by atomic mass is 10.3. The van der Waals surface area contributed by atoms with E-state index >= 15 is 0 Å². The zero-order valence-electron chi connectivity index (χ0n) is 6.79. The number of hydrogen-bond acceptors (Lipinski definition) is 2. The highest BCUT2D eigenvalue weighted by Gasteiger charge is 1.99. The Bertz CT molecular complexity index is 204. The minimum Gasteiger partial charge on any atom is -0.355 e. The Morgan fingerprint density at radius 3 is 2.64 bits per heavy atom. The number of nitrogens with one attached hydrogen (secondary N) is 1. The molecule has 0 saturated heterocycles. The second-order valence-corrected chi connectivity index (χ2v) is 1.77. The summed E-state index contributed by atoms with van der Waals surface area (Å²) in [7, 11) is 1.56. The number of carbonyl (C=O) groups excluding carboxylic acids is 1. The van der Waals surface area contributed by atoms with Gasteiger partial charge in [-0.05, 0) is 6.92 Å². The van der Waals surface area contributed by atoms with Crippen molar-refractivity contribution in [1.29, 1.82) is 0 Å². The molecule has 0 atom stereocenters. The van der Waals surface area contributed by atoms with E-state index < -0.39 is 0 Å². The first-order valence-electron chi connectivity index (χ1n) is 3.28. The fourth-order valence-corrected chi connectivity index (χ4v) is 0.503. The van der Waals surface area contributed by atoms with E-state index in [1.807, 2.05) is 0 Å². The predicted octanol–water partition coefficient (Wildman–Crippen LogP) is 0.893. The number of amides is 1. The predicted molar refractivity (Wildman–Crippen MR) is 46.5 cm³/mol. The van der Waals surface area contributed by atoms with E-state index in [4.69, 9.17) is 0 Å². The number of likely N-dealkylation sites (N-methyl/N-ethyl adjacent to an activating group) is 1. The molecule has 0 unspecified atom stereocenters. The molecule has 0 spiro atoms. The van der Waals surface area contributed by atoms with Gasteiger partial charge in [0.25, 0.3) is 5.91 Å². The first-order chi connectivity index (χ1) is 5.26. The minimum atomic E-state index is -0.175. The fourth-order valence-electron chi connectivity index (χ4n) is 0.503. The standard InChI is InChI=1S/C8H12N2O/c1-4-7(6-10-5-2)8(11)9-3/h4-6H,1H2,2-3H3,(H,9,11)/b7-6+,10-5-. The molecule has 0 aliphatic rings.